The summed E-state index contributed by atoms with van der Waals surface area (Å²) in [6, 6.07) is 9.99. The highest BCUT2D eigenvalue weighted by Crippen LogP contribution is 2.11. The number of aromatic nitrogens is 3. The summed E-state index contributed by atoms with van der Waals surface area (Å²) < 4.78 is 8.97. The number of benzene rings is 1. The average molecular weight is 487 g/mol. The number of ether oxygens (including phenoxy) is 1. The maximum atomic E-state index is 13.3. The molecule has 1 heterocycles. The van der Waals surface area contributed by atoms with E-state index >= 15 is 0 Å². The molecule has 0 bridgehead atoms. The summed E-state index contributed by atoms with van der Waals surface area (Å²) in [4.78, 5) is 40.9. The van der Waals surface area contributed by atoms with Crippen molar-refractivity contribution in [2.75, 3.05) is 19.6 Å². The van der Waals surface area contributed by atoms with Gasteiger partial charge < -0.3 is 14.5 Å². The van der Waals surface area contributed by atoms with E-state index in [0.29, 0.717) is 13.1 Å². The molecule has 2 rings (SSSR count). The highest BCUT2D eigenvalue weighted by molar-refractivity contribution is 5.84. The van der Waals surface area contributed by atoms with Crippen molar-refractivity contribution in [1.29, 1.82) is 0 Å². The second-order valence-corrected chi connectivity index (χ2v) is 10.3. The van der Waals surface area contributed by atoms with E-state index in [1.54, 1.807) is 14.5 Å². The first-order chi connectivity index (χ1) is 16.3. The molecule has 9 nitrogen and oxygen atoms in total. The zero-order valence-corrected chi connectivity index (χ0v) is 22.2. The first kappa shape index (κ1) is 28.0. The normalized spacial score (nSPS) is 11.4. The molecule has 0 N–H and O–H groups in total. The molecule has 1 aromatic carbocycles. The van der Waals surface area contributed by atoms with Crippen LogP contribution in [0.3, 0.4) is 0 Å². The van der Waals surface area contributed by atoms with Crippen molar-refractivity contribution >= 4 is 17.8 Å². The molecule has 0 saturated heterocycles. The molecular weight excluding hydrogens is 446 g/mol. The van der Waals surface area contributed by atoms with Crippen LogP contribution in [0.25, 0.3) is 0 Å². The minimum atomic E-state index is -0.598. The Morgan fingerprint density at radius 2 is 1.77 bits per heavy atom. The summed E-state index contributed by atoms with van der Waals surface area (Å²) >= 11 is 0. The molecule has 0 unspecified atom stereocenters. The number of hydrogen-bond donors (Lipinski definition) is 0. The average Bonchev–Trinajstić information content (AvgIpc) is 3.08. The Bertz CT molecular complexity index is 995. The van der Waals surface area contributed by atoms with Crippen LogP contribution in [0.2, 0.25) is 0 Å². The van der Waals surface area contributed by atoms with Gasteiger partial charge in [-0.3, -0.25) is 14.4 Å². The smallest absolute Gasteiger partial charge is 0.308 e. The maximum Gasteiger partial charge on any atom is 0.308 e. The number of amides is 2. The maximum absolute atomic E-state index is 13.3. The molecule has 0 radical (unpaired) electrons. The second kappa shape index (κ2) is 12.5. The third-order valence-corrected chi connectivity index (χ3v) is 5.22. The van der Waals surface area contributed by atoms with Crippen LogP contribution in [0, 0.1) is 5.92 Å². The molecule has 0 spiro atoms. The molecule has 0 aliphatic rings. The van der Waals surface area contributed by atoms with E-state index < -0.39 is 5.60 Å². The molecule has 0 saturated carbocycles. The Balaban J connectivity index is 2.18. The van der Waals surface area contributed by atoms with Crippen LogP contribution in [0.4, 0.5) is 0 Å². The Labute approximate surface area is 208 Å². The largest absolute Gasteiger partial charge is 0.460 e. The number of nitrogens with zero attached hydrogens (tertiary/aromatic N) is 5. The Morgan fingerprint density at radius 3 is 2.34 bits per heavy atom. The van der Waals surface area contributed by atoms with E-state index in [2.05, 4.69) is 5.21 Å². The summed E-state index contributed by atoms with van der Waals surface area (Å²) in [7, 11) is 1.83. The summed E-state index contributed by atoms with van der Waals surface area (Å²) in [5.41, 5.74) is 1.34. The van der Waals surface area contributed by atoms with Gasteiger partial charge in [0.15, 0.2) is 11.9 Å². The van der Waals surface area contributed by atoms with Crippen LogP contribution in [-0.4, -0.2) is 62.7 Å². The molecule has 2 aromatic rings. The molecule has 0 atom stereocenters. The van der Waals surface area contributed by atoms with Gasteiger partial charge in [-0.1, -0.05) is 44.2 Å². The molecule has 9 heteroatoms. The molecule has 35 heavy (non-hydrogen) atoms. The third kappa shape index (κ3) is 9.88. The Hall–Kier alpha value is -3.23. The Kier molecular flexibility index (Phi) is 9.98. The number of aryl methyl sites for hydroxylation is 1. The SMILES string of the molecule is CC(=O)N(CC(=O)N(CCC(=O)OC(C)(C)C)Cc1c[n+](Cc2ccccc2)nn1C)CC(C)C. The standard InChI is InChI=1S/C26H40N5O4/c1-20(2)15-30(21(3)32)19-24(33)29(14-13-25(34)35-26(4,5)6)17-23-18-31(27-28(23)7)16-22-11-9-8-10-12-22/h8-12,18,20H,13-17,19H2,1-7H3/q+1. The number of hydrogen-bond acceptors (Lipinski definition) is 5. The van der Waals surface area contributed by atoms with Gasteiger partial charge in [0.2, 0.25) is 11.8 Å². The molecule has 1 aromatic heterocycles. The van der Waals surface area contributed by atoms with Gasteiger partial charge in [0.1, 0.15) is 19.2 Å². The second-order valence-electron chi connectivity index (χ2n) is 10.3. The van der Waals surface area contributed by atoms with Gasteiger partial charge in [-0.25, -0.2) is 0 Å². The highest BCUT2D eigenvalue weighted by atomic mass is 16.6. The third-order valence-electron chi connectivity index (χ3n) is 5.22. The lowest BCUT2D eigenvalue weighted by Gasteiger charge is -2.27. The zero-order chi connectivity index (χ0) is 26.2. The minimum absolute atomic E-state index is 0.0380. The van der Waals surface area contributed by atoms with E-state index in [0.717, 1.165) is 11.3 Å². The fraction of sp³-hybridized carbons (Fsp3) is 0.577. The molecule has 0 fully saturated rings. The van der Waals surface area contributed by atoms with Gasteiger partial charge in [0, 0.05) is 20.0 Å². The van der Waals surface area contributed by atoms with Crippen molar-refractivity contribution in [2.45, 2.75) is 66.7 Å². The first-order valence-corrected chi connectivity index (χ1v) is 12.1. The lowest BCUT2D eigenvalue weighted by Crippen LogP contribution is -2.44. The predicted octanol–water partition coefficient (Wildman–Crippen LogP) is 2.32. The lowest BCUT2D eigenvalue weighted by atomic mass is 10.2. The number of esters is 1. The Morgan fingerprint density at radius 1 is 1.11 bits per heavy atom. The van der Waals surface area contributed by atoms with E-state index in [9.17, 15) is 14.4 Å². The van der Waals surface area contributed by atoms with Crippen molar-refractivity contribution in [3.05, 3.63) is 47.8 Å². The highest BCUT2D eigenvalue weighted by Gasteiger charge is 2.25. The monoisotopic (exact) mass is 486 g/mol. The van der Waals surface area contributed by atoms with Gasteiger partial charge in [-0.05, 0) is 32.3 Å². The molecule has 192 valence electrons. The van der Waals surface area contributed by atoms with Crippen LogP contribution in [-0.2, 0) is 39.3 Å². The van der Waals surface area contributed by atoms with E-state index in [-0.39, 0.29) is 49.8 Å². The van der Waals surface area contributed by atoms with E-state index in [1.165, 1.54) is 6.92 Å². The van der Waals surface area contributed by atoms with E-state index in [4.69, 9.17) is 4.74 Å². The number of rotatable bonds is 11. The molecular formula is C26H40N5O4+. The van der Waals surface area contributed by atoms with Gasteiger partial charge in [-0.2, -0.15) is 0 Å². The van der Waals surface area contributed by atoms with Crippen LogP contribution in [0.5, 0.6) is 0 Å². The van der Waals surface area contributed by atoms with Crippen molar-refractivity contribution < 1.29 is 23.8 Å². The molecule has 0 aliphatic carbocycles. The summed E-state index contributed by atoms with van der Waals surface area (Å²) in [6.45, 7) is 12.4. The summed E-state index contributed by atoms with van der Waals surface area (Å²) in [6.07, 6.45) is 1.97. The quantitative estimate of drug-likeness (QED) is 0.359. The van der Waals surface area contributed by atoms with Crippen LogP contribution in [0.1, 0.15) is 59.2 Å². The number of carbonyl (C=O) groups excluding carboxylic acids is 3. The summed E-state index contributed by atoms with van der Waals surface area (Å²) in [5.74, 6) is -0.512. The van der Waals surface area contributed by atoms with Gasteiger partial charge >= 0.3 is 5.97 Å². The summed E-state index contributed by atoms with van der Waals surface area (Å²) in [5, 5.41) is 4.53. The molecule has 2 amide bonds. The minimum Gasteiger partial charge on any atom is -0.460 e. The van der Waals surface area contributed by atoms with Crippen molar-refractivity contribution in [2.24, 2.45) is 13.0 Å². The van der Waals surface area contributed by atoms with Crippen molar-refractivity contribution in [3.63, 3.8) is 0 Å². The van der Waals surface area contributed by atoms with Crippen LogP contribution < -0.4 is 4.68 Å². The molecule has 0 aliphatic heterocycles. The fourth-order valence-electron chi connectivity index (χ4n) is 3.62. The number of carbonyl (C=O) groups is 3. The van der Waals surface area contributed by atoms with Gasteiger partial charge in [0.25, 0.3) is 0 Å². The van der Waals surface area contributed by atoms with Crippen molar-refractivity contribution in [3.8, 4) is 0 Å². The van der Waals surface area contributed by atoms with Gasteiger partial charge in [-0.15, -0.1) is 9.36 Å². The lowest BCUT2D eigenvalue weighted by molar-refractivity contribution is -0.747. The van der Waals surface area contributed by atoms with Crippen LogP contribution in [0.15, 0.2) is 36.5 Å². The zero-order valence-electron chi connectivity index (χ0n) is 22.2. The topological polar surface area (TPSA) is 88.6 Å². The van der Waals surface area contributed by atoms with Crippen LogP contribution >= 0.6 is 0 Å². The van der Waals surface area contributed by atoms with Crippen molar-refractivity contribution in [1.82, 2.24) is 19.7 Å². The predicted molar refractivity (Wildman–Crippen MR) is 132 cm³/mol. The van der Waals surface area contributed by atoms with E-state index in [1.807, 2.05) is 82.9 Å². The van der Waals surface area contributed by atoms with Gasteiger partial charge in [0.05, 0.1) is 24.7 Å². The fourth-order valence-corrected chi connectivity index (χ4v) is 3.62. The first-order valence-electron chi connectivity index (χ1n) is 12.1.